The van der Waals surface area contributed by atoms with Gasteiger partial charge in [0.15, 0.2) is 0 Å². The van der Waals surface area contributed by atoms with Crippen LogP contribution in [0.3, 0.4) is 0 Å². The molecular weight excluding hydrogens is 323 g/mol. The Labute approximate surface area is 116 Å². The number of hydrogen-bond donors (Lipinski definition) is 1. The van der Waals surface area contributed by atoms with Gasteiger partial charge in [-0.3, -0.25) is 4.98 Å². The third-order valence-electron chi connectivity index (χ3n) is 2.73. The van der Waals surface area contributed by atoms with Gasteiger partial charge in [-0.1, -0.05) is 40.8 Å². The number of aryl methyl sites for hydroxylation is 1. The summed E-state index contributed by atoms with van der Waals surface area (Å²) in [4.78, 5) is 4.55. The molecule has 1 N–H and O–H groups in total. The van der Waals surface area contributed by atoms with Crippen molar-refractivity contribution in [2.75, 3.05) is 11.0 Å². The second-order valence-corrected chi connectivity index (χ2v) is 5.24. The lowest BCUT2D eigenvalue weighted by Gasteiger charge is -2.08. The fourth-order valence-corrected chi connectivity index (χ4v) is 2.34. The van der Waals surface area contributed by atoms with Gasteiger partial charge in [0, 0.05) is 22.1 Å². The number of aromatic nitrogens is 1. The first kappa shape index (κ1) is 12.8. The number of benzene rings is 1. The van der Waals surface area contributed by atoms with E-state index in [2.05, 4.69) is 64.1 Å². The lowest BCUT2D eigenvalue weighted by Crippen LogP contribution is -2.15. The van der Waals surface area contributed by atoms with Crippen molar-refractivity contribution in [2.24, 2.45) is 0 Å². The largest absolute Gasteiger partial charge is 0.313 e. The van der Waals surface area contributed by atoms with Gasteiger partial charge in [-0.15, -0.1) is 0 Å². The Morgan fingerprint density at radius 3 is 2.94 bits per heavy atom. The zero-order valence-electron chi connectivity index (χ0n) is 10.0. The molecule has 0 atom stereocenters. The number of alkyl halides is 1. The Bertz CT molecular complexity index is 497. The van der Waals surface area contributed by atoms with Gasteiger partial charge in [-0.05, 0) is 37.6 Å². The minimum atomic E-state index is 0.931. The molecule has 0 spiro atoms. The third-order valence-corrected chi connectivity index (χ3v) is 3.50. The highest BCUT2D eigenvalue weighted by Gasteiger charge is 2.02. The molecule has 1 heterocycles. The normalized spacial score (nSPS) is 10.9. The van der Waals surface area contributed by atoms with E-state index in [-0.39, 0.29) is 0 Å². The predicted molar refractivity (Wildman–Crippen MR) is 81.7 cm³/mol. The van der Waals surface area contributed by atoms with E-state index in [4.69, 9.17) is 0 Å². The summed E-state index contributed by atoms with van der Waals surface area (Å²) in [6.45, 7) is 4.07. The van der Waals surface area contributed by atoms with Gasteiger partial charge < -0.3 is 5.32 Å². The highest BCUT2D eigenvalue weighted by Crippen LogP contribution is 2.17. The smallest absolute Gasteiger partial charge is 0.0708 e. The number of nitrogens with one attached hydrogen (secondary N) is 1. The van der Waals surface area contributed by atoms with Gasteiger partial charge in [0.25, 0.3) is 0 Å². The second kappa shape index (κ2) is 6.31. The fraction of sp³-hybridized carbons (Fsp3) is 0.357. The second-order valence-electron chi connectivity index (χ2n) is 4.16. The van der Waals surface area contributed by atoms with E-state index >= 15 is 0 Å². The monoisotopic (exact) mass is 340 g/mol. The molecular formula is C14H17IN2. The molecule has 0 bridgehead atoms. The zero-order chi connectivity index (χ0) is 12.1. The first-order chi connectivity index (χ1) is 8.31. The summed E-state index contributed by atoms with van der Waals surface area (Å²) in [5.41, 5.74) is 3.54. The van der Waals surface area contributed by atoms with Crippen molar-refractivity contribution in [3.63, 3.8) is 0 Å². The molecule has 0 aliphatic carbocycles. The molecule has 1 aromatic carbocycles. The Morgan fingerprint density at radius 2 is 2.12 bits per heavy atom. The van der Waals surface area contributed by atoms with Gasteiger partial charge >= 0.3 is 0 Å². The zero-order valence-corrected chi connectivity index (χ0v) is 12.2. The molecule has 2 nitrogen and oxygen atoms in total. The third kappa shape index (κ3) is 3.39. The molecule has 0 radical (unpaired) electrons. The summed E-state index contributed by atoms with van der Waals surface area (Å²) in [5, 5.41) is 4.75. The van der Waals surface area contributed by atoms with Crippen LogP contribution in [0.4, 0.5) is 0 Å². The van der Waals surface area contributed by atoms with Crippen molar-refractivity contribution in [1.82, 2.24) is 10.3 Å². The van der Waals surface area contributed by atoms with Crippen LogP contribution in [0.15, 0.2) is 30.3 Å². The van der Waals surface area contributed by atoms with Crippen LogP contribution in [0.2, 0.25) is 0 Å². The highest BCUT2D eigenvalue weighted by molar-refractivity contribution is 14.1. The van der Waals surface area contributed by atoms with Crippen LogP contribution >= 0.6 is 22.6 Å². The summed E-state index contributed by atoms with van der Waals surface area (Å²) < 4.78 is 1.21. The lowest BCUT2D eigenvalue weighted by molar-refractivity contribution is 0.683. The summed E-state index contributed by atoms with van der Waals surface area (Å²) >= 11 is 2.41. The van der Waals surface area contributed by atoms with Gasteiger partial charge in [-0.25, -0.2) is 0 Å². The summed E-state index contributed by atoms with van der Waals surface area (Å²) in [6, 6.07) is 10.5. The first-order valence-corrected chi connectivity index (χ1v) is 7.46. The molecule has 2 rings (SSSR count). The van der Waals surface area contributed by atoms with Gasteiger partial charge in [0.05, 0.1) is 5.52 Å². The van der Waals surface area contributed by atoms with Crippen molar-refractivity contribution in [3.8, 4) is 0 Å². The van der Waals surface area contributed by atoms with Crippen LogP contribution in [-0.2, 0) is 6.54 Å². The Hall–Kier alpha value is -0.680. The quantitative estimate of drug-likeness (QED) is 0.512. The number of pyridine rings is 1. The van der Waals surface area contributed by atoms with E-state index in [0.717, 1.165) is 24.3 Å². The van der Waals surface area contributed by atoms with Gasteiger partial charge in [0.1, 0.15) is 0 Å². The van der Waals surface area contributed by atoms with E-state index < -0.39 is 0 Å². The van der Waals surface area contributed by atoms with Crippen LogP contribution in [0.25, 0.3) is 10.9 Å². The van der Waals surface area contributed by atoms with Crippen LogP contribution in [-0.4, -0.2) is 16.0 Å². The van der Waals surface area contributed by atoms with E-state index in [9.17, 15) is 0 Å². The van der Waals surface area contributed by atoms with E-state index in [1.807, 2.05) is 6.07 Å². The molecule has 0 unspecified atom stereocenters. The van der Waals surface area contributed by atoms with E-state index in [1.54, 1.807) is 0 Å². The molecule has 0 aliphatic rings. The molecule has 0 saturated heterocycles. The molecule has 2 aromatic rings. The average Bonchev–Trinajstić information content (AvgIpc) is 2.34. The van der Waals surface area contributed by atoms with Crippen LogP contribution in [0.5, 0.6) is 0 Å². The number of hydrogen-bond acceptors (Lipinski definition) is 2. The van der Waals surface area contributed by atoms with Crippen molar-refractivity contribution in [2.45, 2.75) is 19.9 Å². The van der Waals surface area contributed by atoms with Crippen molar-refractivity contribution in [3.05, 3.63) is 41.6 Å². The fourth-order valence-electron chi connectivity index (χ4n) is 1.96. The molecule has 0 amide bonds. The highest BCUT2D eigenvalue weighted by atomic mass is 127. The molecule has 17 heavy (non-hydrogen) atoms. The summed E-state index contributed by atoms with van der Waals surface area (Å²) in [5.74, 6) is 0. The van der Waals surface area contributed by atoms with Crippen molar-refractivity contribution < 1.29 is 0 Å². The van der Waals surface area contributed by atoms with E-state index in [1.165, 1.54) is 21.8 Å². The standard InChI is InChI=1S/C14H17IN2/c1-11-9-12(10-16-8-4-7-15)13-5-2-3-6-14(13)17-11/h2-3,5-6,9,16H,4,7-8,10H2,1H3. The lowest BCUT2D eigenvalue weighted by atomic mass is 10.1. The number of rotatable bonds is 5. The van der Waals surface area contributed by atoms with Crippen molar-refractivity contribution in [1.29, 1.82) is 0 Å². The maximum Gasteiger partial charge on any atom is 0.0708 e. The van der Waals surface area contributed by atoms with Crippen LogP contribution in [0, 0.1) is 6.92 Å². The minimum Gasteiger partial charge on any atom is -0.313 e. The van der Waals surface area contributed by atoms with E-state index in [0.29, 0.717) is 0 Å². The molecule has 3 heteroatoms. The molecule has 0 aliphatic heterocycles. The van der Waals surface area contributed by atoms with Gasteiger partial charge in [-0.2, -0.15) is 0 Å². The Morgan fingerprint density at radius 1 is 1.29 bits per heavy atom. The van der Waals surface area contributed by atoms with Crippen LogP contribution in [0.1, 0.15) is 17.7 Å². The van der Waals surface area contributed by atoms with Gasteiger partial charge in [0.2, 0.25) is 0 Å². The topological polar surface area (TPSA) is 24.9 Å². The summed E-state index contributed by atoms with van der Waals surface area (Å²) in [6.07, 6.45) is 1.22. The number of halogens is 1. The SMILES string of the molecule is Cc1cc(CNCCCI)c2ccccc2n1. The number of para-hydroxylation sites is 1. The Kier molecular flexibility index (Phi) is 4.74. The molecule has 0 fully saturated rings. The number of fused-ring (bicyclic) bond motifs is 1. The predicted octanol–water partition coefficient (Wildman–Crippen LogP) is 3.46. The average molecular weight is 340 g/mol. The maximum atomic E-state index is 4.55. The van der Waals surface area contributed by atoms with Crippen molar-refractivity contribution >= 4 is 33.5 Å². The number of nitrogens with zero attached hydrogens (tertiary/aromatic N) is 1. The first-order valence-electron chi connectivity index (χ1n) is 5.93. The maximum absolute atomic E-state index is 4.55. The Balaban J connectivity index is 2.20. The minimum absolute atomic E-state index is 0.931. The summed E-state index contributed by atoms with van der Waals surface area (Å²) in [7, 11) is 0. The van der Waals surface area contributed by atoms with Crippen LogP contribution < -0.4 is 5.32 Å². The molecule has 90 valence electrons. The molecule has 1 aromatic heterocycles. The molecule has 0 saturated carbocycles.